The molecule has 1 saturated heterocycles. The molecule has 2 aromatic rings. The molecule has 9 nitrogen and oxygen atoms in total. The maximum absolute atomic E-state index is 12.5. The molecule has 0 aliphatic carbocycles. The third-order valence-electron chi connectivity index (χ3n) is 4.93. The maximum atomic E-state index is 12.5. The third kappa shape index (κ3) is 5.07. The van der Waals surface area contributed by atoms with Gasteiger partial charge in [-0.3, -0.25) is 10.3 Å². The average molecular weight is 414 g/mol. The number of aromatic nitrogens is 2. The van der Waals surface area contributed by atoms with Crippen molar-refractivity contribution in [3.8, 4) is 17.3 Å². The molecule has 1 aliphatic rings. The number of rotatable bonds is 4. The van der Waals surface area contributed by atoms with E-state index in [1.165, 1.54) is 23.0 Å². The van der Waals surface area contributed by atoms with Crippen LogP contribution in [0.25, 0.3) is 11.3 Å². The Balaban J connectivity index is 1.60. The second-order valence-electron chi connectivity index (χ2n) is 6.91. The summed E-state index contributed by atoms with van der Waals surface area (Å²) in [5.74, 6) is 0.315. The van der Waals surface area contributed by atoms with Crippen molar-refractivity contribution >= 4 is 21.9 Å². The molecular weight excluding hydrogens is 392 g/mol. The lowest BCUT2D eigenvalue weighted by molar-refractivity contribution is 0.174. The maximum Gasteiger partial charge on any atom is 0.323 e. The topological polar surface area (TPSA) is 119 Å². The van der Waals surface area contributed by atoms with Crippen molar-refractivity contribution in [2.45, 2.75) is 18.9 Å². The van der Waals surface area contributed by atoms with Crippen molar-refractivity contribution in [1.29, 1.82) is 5.26 Å². The van der Waals surface area contributed by atoms with Crippen LogP contribution in [0.15, 0.2) is 36.7 Å². The van der Waals surface area contributed by atoms with Crippen LogP contribution >= 0.6 is 0 Å². The van der Waals surface area contributed by atoms with Gasteiger partial charge in [-0.25, -0.2) is 22.5 Å². The van der Waals surface area contributed by atoms with Gasteiger partial charge in [0.15, 0.2) is 5.82 Å². The average Bonchev–Trinajstić information content (AvgIpc) is 2.73. The number of hydrogen-bond donors (Lipinski definition) is 1. The van der Waals surface area contributed by atoms with Gasteiger partial charge in [0.2, 0.25) is 10.0 Å². The first kappa shape index (κ1) is 20.7. The van der Waals surface area contributed by atoms with Crippen LogP contribution in [0.5, 0.6) is 0 Å². The minimum atomic E-state index is -3.20. The first-order valence-electron chi connectivity index (χ1n) is 9.09. The number of nitriles is 1. The van der Waals surface area contributed by atoms with Crippen LogP contribution in [-0.4, -0.2) is 66.1 Å². The van der Waals surface area contributed by atoms with E-state index in [9.17, 15) is 13.2 Å². The van der Waals surface area contributed by atoms with Crippen molar-refractivity contribution in [2.75, 3.05) is 31.7 Å². The lowest BCUT2D eigenvalue weighted by atomic mass is 10.1. The molecule has 2 amide bonds. The molecule has 3 rings (SSSR count). The quantitative estimate of drug-likeness (QED) is 0.816. The minimum Gasteiger partial charge on any atom is -0.324 e. The SMILES string of the molecule is CN(C(=O)Nc1cnc(-c2cccc(C#N)c2)cn1)C1CCN(S(C)(=O)=O)CC1. The van der Waals surface area contributed by atoms with Crippen LogP contribution in [-0.2, 0) is 10.0 Å². The zero-order valence-corrected chi connectivity index (χ0v) is 17.1. The predicted octanol–water partition coefficient (Wildman–Crippen LogP) is 1.90. The number of carbonyl (C=O) groups excluding carboxylic acids is 1. The van der Waals surface area contributed by atoms with E-state index in [1.54, 1.807) is 30.1 Å². The van der Waals surface area contributed by atoms with Crippen molar-refractivity contribution < 1.29 is 13.2 Å². The van der Waals surface area contributed by atoms with E-state index in [1.807, 2.05) is 6.07 Å². The van der Waals surface area contributed by atoms with Gasteiger partial charge < -0.3 is 4.90 Å². The van der Waals surface area contributed by atoms with Crippen LogP contribution in [0.3, 0.4) is 0 Å². The Morgan fingerprint density at radius 2 is 2.00 bits per heavy atom. The highest BCUT2D eigenvalue weighted by Gasteiger charge is 2.29. The van der Waals surface area contributed by atoms with E-state index in [0.717, 1.165) is 5.56 Å². The van der Waals surface area contributed by atoms with Crippen LogP contribution in [0.1, 0.15) is 18.4 Å². The van der Waals surface area contributed by atoms with Crippen molar-refractivity contribution in [3.63, 3.8) is 0 Å². The highest BCUT2D eigenvalue weighted by atomic mass is 32.2. The second-order valence-corrected chi connectivity index (χ2v) is 8.90. The van der Waals surface area contributed by atoms with Crippen LogP contribution in [0, 0.1) is 11.3 Å². The number of nitrogens with zero attached hydrogens (tertiary/aromatic N) is 5. The molecule has 152 valence electrons. The molecule has 1 aromatic carbocycles. The van der Waals surface area contributed by atoms with Crippen LogP contribution in [0.2, 0.25) is 0 Å². The number of amides is 2. The summed E-state index contributed by atoms with van der Waals surface area (Å²) in [6, 6.07) is 8.75. The predicted molar refractivity (Wildman–Crippen MR) is 108 cm³/mol. The van der Waals surface area contributed by atoms with E-state index in [-0.39, 0.29) is 12.1 Å². The molecule has 1 aliphatic heterocycles. The third-order valence-corrected chi connectivity index (χ3v) is 6.24. The Morgan fingerprint density at radius 1 is 1.28 bits per heavy atom. The van der Waals surface area contributed by atoms with Gasteiger partial charge >= 0.3 is 6.03 Å². The highest BCUT2D eigenvalue weighted by Crippen LogP contribution is 2.20. The summed E-state index contributed by atoms with van der Waals surface area (Å²) in [6.45, 7) is 0.800. The number of anilines is 1. The lowest BCUT2D eigenvalue weighted by Crippen LogP contribution is -2.48. The van der Waals surface area contributed by atoms with Crippen LogP contribution < -0.4 is 5.32 Å². The zero-order valence-electron chi connectivity index (χ0n) is 16.2. The van der Waals surface area contributed by atoms with E-state index in [4.69, 9.17) is 5.26 Å². The Hall–Kier alpha value is -3.03. The minimum absolute atomic E-state index is 0.0473. The normalized spacial score (nSPS) is 15.5. The molecule has 1 N–H and O–H groups in total. The standard InChI is InChI=1S/C19H22N6O3S/c1-24(16-6-8-25(9-7-16)29(2,27)28)19(26)23-18-13-21-17(12-22-18)15-5-3-4-14(10-15)11-20/h3-5,10,12-13,16H,6-9H2,1-2H3,(H,22,23,26). The molecule has 0 radical (unpaired) electrons. The number of nitrogens with one attached hydrogen (secondary N) is 1. The number of sulfonamides is 1. The second kappa shape index (κ2) is 8.55. The van der Waals surface area contributed by atoms with Crippen molar-refractivity contribution in [2.24, 2.45) is 0 Å². The van der Waals surface area contributed by atoms with E-state index in [0.29, 0.717) is 43.0 Å². The number of urea groups is 1. The molecule has 1 fully saturated rings. The van der Waals surface area contributed by atoms with Gasteiger partial charge in [-0.05, 0) is 25.0 Å². The monoisotopic (exact) mass is 414 g/mol. The Bertz CT molecular complexity index is 1020. The Morgan fingerprint density at radius 3 is 2.59 bits per heavy atom. The number of piperidine rings is 1. The fourth-order valence-electron chi connectivity index (χ4n) is 3.21. The van der Waals surface area contributed by atoms with Gasteiger partial charge in [-0.15, -0.1) is 0 Å². The molecule has 2 heterocycles. The van der Waals surface area contributed by atoms with Gasteiger partial charge in [0.25, 0.3) is 0 Å². The van der Waals surface area contributed by atoms with Gasteiger partial charge in [-0.1, -0.05) is 12.1 Å². The van der Waals surface area contributed by atoms with E-state index < -0.39 is 10.0 Å². The fourth-order valence-corrected chi connectivity index (χ4v) is 4.09. The molecule has 1 aromatic heterocycles. The fraction of sp³-hybridized carbons (Fsp3) is 0.368. The number of hydrogen-bond acceptors (Lipinski definition) is 6. The van der Waals surface area contributed by atoms with Crippen LogP contribution in [0.4, 0.5) is 10.6 Å². The molecule has 0 bridgehead atoms. The number of carbonyl (C=O) groups is 1. The zero-order chi connectivity index (χ0) is 21.0. The molecule has 0 atom stereocenters. The summed E-state index contributed by atoms with van der Waals surface area (Å²) < 4.78 is 24.6. The molecule has 0 unspecified atom stereocenters. The summed E-state index contributed by atoms with van der Waals surface area (Å²) in [7, 11) is -1.51. The lowest BCUT2D eigenvalue weighted by Gasteiger charge is -2.35. The molecule has 10 heteroatoms. The summed E-state index contributed by atoms with van der Waals surface area (Å²) >= 11 is 0. The largest absolute Gasteiger partial charge is 0.324 e. The highest BCUT2D eigenvalue weighted by molar-refractivity contribution is 7.88. The summed E-state index contributed by atoms with van der Waals surface area (Å²) in [5.41, 5.74) is 1.90. The summed E-state index contributed by atoms with van der Waals surface area (Å²) in [6.07, 6.45) is 5.36. The van der Waals surface area contributed by atoms with Gasteiger partial charge in [0.1, 0.15) is 0 Å². The number of benzene rings is 1. The van der Waals surface area contributed by atoms with Gasteiger partial charge in [-0.2, -0.15) is 5.26 Å². The summed E-state index contributed by atoms with van der Waals surface area (Å²) in [5, 5.41) is 11.7. The van der Waals surface area contributed by atoms with Crippen molar-refractivity contribution in [1.82, 2.24) is 19.2 Å². The smallest absolute Gasteiger partial charge is 0.323 e. The Labute approximate surface area is 170 Å². The molecule has 0 spiro atoms. The van der Waals surface area contributed by atoms with Crippen molar-refractivity contribution in [3.05, 3.63) is 42.2 Å². The first-order chi connectivity index (χ1) is 13.8. The van der Waals surface area contributed by atoms with Gasteiger partial charge in [0, 0.05) is 31.7 Å². The van der Waals surface area contributed by atoms with Gasteiger partial charge in [0.05, 0.1) is 36.0 Å². The first-order valence-corrected chi connectivity index (χ1v) is 10.9. The van der Waals surface area contributed by atoms with E-state index in [2.05, 4.69) is 21.4 Å². The molecule has 29 heavy (non-hydrogen) atoms. The summed E-state index contributed by atoms with van der Waals surface area (Å²) in [4.78, 5) is 22.6. The van der Waals surface area contributed by atoms with E-state index >= 15 is 0 Å². The Kier molecular flexibility index (Phi) is 6.10. The molecule has 0 saturated carbocycles. The molecular formula is C19H22N6O3S.